The largest absolute Gasteiger partial charge is 0.472 e. The van der Waals surface area contributed by atoms with Crippen LogP contribution < -0.4 is 5.73 Å². The van der Waals surface area contributed by atoms with E-state index in [9.17, 15) is 19.0 Å². The number of unbranched alkanes of at least 4 members (excludes halogenated alkanes) is 45. The van der Waals surface area contributed by atoms with E-state index < -0.39 is 26.5 Å². The molecule has 0 bridgehead atoms. The van der Waals surface area contributed by atoms with Gasteiger partial charge in [-0.15, -0.1) is 0 Å². The minimum atomic E-state index is -4.39. The van der Waals surface area contributed by atoms with Gasteiger partial charge >= 0.3 is 19.8 Å². The Morgan fingerprint density at radius 2 is 0.663 bits per heavy atom. The van der Waals surface area contributed by atoms with Crippen molar-refractivity contribution in [3.05, 3.63) is 60.8 Å². The predicted octanol–water partition coefficient (Wildman–Crippen LogP) is 23.4. The third-order valence-corrected chi connectivity index (χ3v) is 16.9. The van der Waals surface area contributed by atoms with Crippen LogP contribution in [-0.2, 0) is 32.7 Å². The van der Waals surface area contributed by atoms with Gasteiger partial charge in [-0.05, 0) is 57.8 Å². The number of hydrogen-bond donors (Lipinski definition) is 2. The highest BCUT2D eigenvalue weighted by molar-refractivity contribution is 7.47. The molecule has 0 saturated carbocycles. The smallest absolute Gasteiger partial charge is 0.462 e. The van der Waals surface area contributed by atoms with Gasteiger partial charge < -0.3 is 20.1 Å². The topological polar surface area (TPSA) is 134 Å². The van der Waals surface area contributed by atoms with Crippen LogP contribution in [0.25, 0.3) is 0 Å². The second kappa shape index (κ2) is 68.8. The molecule has 0 aromatic heterocycles. The van der Waals surface area contributed by atoms with E-state index in [0.29, 0.717) is 6.42 Å². The molecule has 0 rings (SSSR count). The van der Waals surface area contributed by atoms with Crippen LogP contribution in [-0.4, -0.2) is 49.3 Å². The molecule has 3 N–H and O–H groups in total. The first-order valence-corrected chi connectivity index (χ1v) is 37.3. The van der Waals surface area contributed by atoms with E-state index in [0.717, 1.165) is 64.2 Å². The van der Waals surface area contributed by atoms with Crippen molar-refractivity contribution in [2.45, 2.75) is 367 Å². The minimum Gasteiger partial charge on any atom is -0.462 e. The van der Waals surface area contributed by atoms with E-state index >= 15 is 0 Å². The molecule has 0 spiro atoms. The number of ether oxygens (including phenoxy) is 2. The molecular weight excluding hydrogens is 1050 g/mol. The van der Waals surface area contributed by atoms with Crippen LogP contribution in [0.5, 0.6) is 0 Å². The Kier molecular flexibility index (Phi) is 66.9. The first-order valence-electron chi connectivity index (χ1n) is 35.8. The Labute approximate surface area is 514 Å². The molecule has 2 unspecified atom stereocenters. The van der Waals surface area contributed by atoms with Gasteiger partial charge in [0, 0.05) is 19.4 Å². The van der Waals surface area contributed by atoms with Crippen LogP contribution >= 0.6 is 7.82 Å². The fourth-order valence-corrected chi connectivity index (χ4v) is 11.4. The normalized spacial score (nSPS) is 13.3. The zero-order valence-corrected chi connectivity index (χ0v) is 55.6. The average Bonchev–Trinajstić information content (AvgIpc) is 3.49. The highest BCUT2D eigenvalue weighted by Gasteiger charge is 2.26. The van der Waals surface area contributed by atoms with Crippen molar-refractivity contribution in [2.24, 2.45) is 5.73 Å². The average molecular weight is 1190 g/mol. The van der Waals surface area contributed by atoms with Gasteiger partial charge in [0.2, 0.25) is 0 Å². The second-order valence-corrected chi connectivity index (χ2v) is 25.5. The molecular formula is C73H136NO8P. The maximum absolute atomic E-state index is 12.8. The van der Waals surface area contributed by atoms with Crippen molar-refractivity contribution in [3.63, 3.8) is 0 Å². The van der Waals surface area contributed by atoms with Gasteiger partial charge in [0.15, 0.2) is 6.10 Å². The van der Waals surface area contributed by atoms with Crippen molar-refractivity contribution in [1.82, 2.24) is 0 Å². The first-order chi connectivity index (χ1) is 40.8. The molecule has 0 amide bonds. The molecule has 9 nitrogen and oxygen atoms in total. The number of carbonyl (C=O) groups is 2. The van der Waals surface area contributed by atoms with Gasteiger partial charge in [-0.3, -0.25) is 18.6 Å². The summed E-state index contributed by atoms with van der Waals surface area (Å²) in [5, 5.41) is 0. The molecule has 0 heterocycles. The second-order valence-electron chi connectivity index (χ2n) is 24.1. The quantitative estimate of drug-likeness (QED) is 0.0264. The monoisotopic (exact) mass is 1190 g/mol. The summed E-state index contributed by atoms with van der Waals surface area (Å²) in [7, 11) is -4.39. The van der Waals surface area contributed by atoms with Crippen molar-refractivity contribution < 1.29 is 37.6 Å². The molecule has 0 aromatic carbocycles. The van der Waals surface area contributed by atoms with Gasteiger partial charge in [-0.1, -0.05) is 351 Å². The number of esters is 2. The van der Waals surface area contributed by atoms with Crippen LogP contribution in [0.15, 0.2) is 60.8 Å². The number of nitrogens with two attached hydrogens (primary N) is 1. The fraction of sp³-hybridized carbons (Fsp3) is 0.836. The van der Waals surface area contributed by atoms with Crippen molar-refractivity contribution in [1.29, 1.82) is 0 Å². The summed E-state index contributed by atoms with van der Waals surface area (Å²) in [6.07, 6.45) is 89.0. The Hall–Kier alpha value is -2.29. The standard InChI is InChI=1S/C73H136NO8P/c1-3-5-7-9-11-13-15-17-19-21-23-25-27-29-30-31-32-33-34-35-36-37-38-39-40-42-44-46-48-50-52-54-56-58-60-62-64-66-73(76)82-71(70-81-83(77,78)80-68-67-74)69-79-72(75)65-63-61-59-57-55-53-51-49-47-45-43-41-28-26-24-22-20-18-16-14-12-10-8-6-4-2/h5,7,11,13,17,19,23,25,29-30,71H,3-4,6,8-10,12,14-16,18,20-22,24,26-28,31-70,74H2,1-2H3,(H,77,78)/b7-5-,13-11-,19-17-,25-23-,30-29-. The molecule has 0 aliphatic rings. The highest BCUT2D eigenvalue weighted by Crippen LogP contribution is 2.43. The van der Waals surface area contributed by atoms with Gasteiger partial charge in [0.25, 0.3) is 0 Å². The lowest BCUT2D eigenvalue weighted by molar-refractivity contribution is -0.161. The fourth-order valence-electron chi connectivity index (χ4n) is 10.7. The number of carbonyl (C=O) groups excluding carboxylic acids is 2. The van der Waals surface area contributed by atoms with Crippen LogP contribution in [0.1, 0.15) is 361 Å². The molecule has 10 heteroatoms. The van der Waals surface area contributed by atoms with Crippen molar-refractivity contribution >= 4 is 19.8 Å². The molecule has 0 radical (unpaired) electrons. The van der Waals surface area contributed by atoms with Crippen LogP contribution in [0.4, 0.5) is 0 Å². The summed E-state index contributed by atoms with van der Waals surface area (Å²) < 4.78 is 33.2. The van der Waals surface area contributed by atoms with E-state index in [2.05, 4.69) is 74.6 Å². The summed E-state index contributed by atoms with van der Waals surface area (Å²) in [5.41, 5.74) is 5.40. The molecule has 0 aromatic rings. The van der Waals surface area contributed by atoms with E-state index in [1.54, 1.807) is 0 Å². The maximum Gasteiger partial charge on any atom is 0.472 e. The lowest BCUT2D eigenvalue weighted by Crippen LogP contribution is -2.29. The third kappa shape index (κ3) is 68.7. The van der Waals surface area contributed by atoms with Gasteiger partial charge in [0.1, 0.15) is 6.61 Å². The SMILES string of the molecule is CC/C=C\C/C=C\C/C=C\C/C=C\C/C=C\CCCCCCCCCCCCCCCCCCCCCCCC(=O)OC(COC(=O)CCCCCCCCCCCCCCCCCCCCCCCCCCC)COP(=O)(O)OCCN. The Morgan fingerprint density at radius 1 is 0.373 bits per heavy atom. The molecule has 0 aliphatic heterocycles. The van der Waals surface area contributed by atoms with E-state index in [-0.39, 0.29) is 38.6 Å². The van der Waals surface area contributed by atoms with Crippen LogP contribution in [0.3, 0.4) is 0 Å². The molecule has 0 aliphatic carbocycles. The summed E-state index contributed by atoms with van der Waals surface area (Å²) >= 11 is 0. The summed E-state index contributed by atoms with van der Waals surface area (Å²) in [4.78, 5) is 35.4. The molecule has 83 heavy (non-hydrogen) atoms. The summed E-state index contributed by atoms with van der Waals surface area (Å²) in [6.45, 7) is 3.70. The summed E-state index contributed by atoms with van der Waals surface area (Å²) in [6, 6.07) is 0. The molecule has 486 valence electrons. The lowest BCUT2D eigenvalue weighted by atomic mass is 10.0. The number of phosphoric ester groups is 1. The third-order valence-electron chi connectivity index (χ3n) is 15.9. The van der Waals surface area contributed by atoms with Crippen molar-refractivity contribution in [2.75, 3.05) is 26.4 Å². The Morgan fingerprint density at radius 3 is 0.988 bits per heavy atom. The van der Waals surface area contributed by atoms with Crippen molar-refractivity contribution in [3.8, 4) is 0 Å². The van der Waals surface area contributed by atoms with Gasteiger partial charge in [-0.25, -0.2) is 4.57 Å². The lowest BCUT2D eigenvalue weighted by Gasteiger charge is -2.19. The molecule has 0 saturated heterocycles. The number of rotatable bonds is 68. The number of allylic oxidation sites excluding steroid dienone is 10. The van der Waals surface area contributed by atoms with E-state index in [4.69, 9.17) is 24.3 Å². The van der Waals surface area contributed by atoms with E-state index in [1.165, 1.54) is 263 Å². The Balaban J connectivity index is 3.80. The maximum atomic E-state index is 12.8. The van der Waals surface area contributed by atoms with Crippen LogP contribution in [0, 0.1) is 0 Å². The number of hydrogen-bond acceptors (Lipinski definition) is 8. The summed E-state index contributed by atoms with van der Waals surface area (Å²) in [5.74, 6) is -0.805. The zero-order valence-electron chi connectivity index (χ0n) is 54.7. The number of phosphoric acid groups is 1. The molecule has 0 fully saturated rings. The van der Waals surface area contributed by atoms with Gasteiger partial charge in [0.05, 0.1) is 13.2 Å². The van der Waals surface area contributed by atoms with E-state index in [1.807, 2.05) is 0 Å². The van der Waals surface area contributed by atoms with Gasteiger partial charge in [-0.2, -0.15) is 0 Å². The van der Waals surface area contributed by atoms with Crippen LogP contribution in [0.2, 0.25) is 0 Å². The Bertz CT molecular complexity index is 1540. The minimum absolute atomic E-state index is 0.0556. The molecule has 2 atom stereocenters. The predicted molar refractivity (Wildman–Crippen MR) is 358 cm³/mol. The highest BCUT2D eigenvalue weighted by atomic mass is 31.2. The zero-order chi connectivity index (χ0) is 60.1. The first kappa shape index (κ1) is 80.7.